The van der Waals surface area contributed by atoms with Gasteiger partial charge in [-0.2, -0.15) is 0 Å². The van der Waals surface area contributed by atoms with Gasteiger partial charge in [-0.15, -0.1) is 0 Å². The van der Waals surface area contributed by atoms with Gasteiger partial charge in [0.25, 0.3) is 0 Å². The maximum Gasteiger partial charge on any atom is 0.347 e. The normalized spacial score (nSPS) is 17.7. The maximum atomic E-state index is 12.5. The van der Waals surface area contributed by atoms with E-state index in [9.17, 15) is 15.0 Å². The van der Waals surface area contributed by atoms with Crippen molar-refractivity contribution < 1.29 is 24.2 Å². The van der Waals surface area contributed by atoms with Crippen molar-refractivity contribution in [2.24, 2.45) is 10.9 Å². The van der Waals surface area contributed by atoms with Crippen molar-refractivity contribution in [3.05, 3.63) is 35.2 Å². The number of nitrogens with zero attached hydrogens (tertiary/aromatic N) is 3. The highest BCUT2D eigenvalue weighted by Gasteiger charge is 2.32. The lowest BCUT2D eigenvalue weighted by Crippen LogP contribution is -2.35. The Morgan fingerprint density at radius 3 is 2.93 bits per heavy atom. The molecular formula is C21H23N3O5. The number of anilines is 1. The number of aromatic hydroxyl groups is 1. The molecule has 8 nitrogen and oxygen atoms in total. The molecular weight excluding hydrogens is 374 g/mol. The van der Waals surface area contributed by atoms with Crippen LogP contribution in [0.25, 0.3) is 11.6 Å². The monoisotopic (exact) mass is 397 g/mol. The van der Waals surface area contributed by atoms with Gasteiger partial charge in [-0.05, 0) is 43.9 Å². The molecule has 4 heterocycles. The number of ether oxygens (including phenoxy) is 1. The number of carbonyl (C=O) groups is 1. The van der Waals surface area contributed by atoms with E-state index in [4.69, 9.17) is 9.15 Å². The van der Waals surface area contributed by atoms with Gasteiger partial charge < -0.3 is 24.3 Å². The van der Waals surface area contributed by atoms with E-state index in [1.54, 1.807) is 25.4 Å². The van der Waals surface area contributed by atoms with E-state index in [2.05, 4.69) is 9.98 Å². The quantitative estimate of drug-likeness (QED) is 0.747. The van der Waals surface area contributed by atoms with E-state index in [-0.39, 0.29) is 36.2 Å². The van der Waals surface area contributed by atoms with Crippen molar-refractivity contribution in [2.75, 3.05) is 31.2 Å². The lowest BCUT2D eigenvalue weighted by molar-refractivity contribution is 0.0523. The van der Waals surface area contributed by atoms with Crippen LogP contribution in [-0.2, 0) is 4.74 Å². The highest BCUT2D eigenvalue weighted by Crippen LogP contribution is 2.40. The summed E-state index contributed by atoms with van der Waals surface area (Å²) < 4.78 is 11.1. The number of allylic oxidation sites excluding steroid dienone is 1. The van der Waals surface area contributed by atoms with Crippen LogP contribution >= 0.6 is 0 Å². The Bertz CT molecular complexity index is 971. The number of aromatic nitrogens is 1. The summed E-state index contributed by atoms with van der Waals surface area (Å²) in [5.74, 6) is 0.430. The summed E-state index contributed by atoms with van der Waals surface area (Å²) in [4.78, 5) is 22.9. The summed E-state index contributed by atoms with van der Waals surface area (Å²) in [5.41, 5.74) is 1.59. The molecule has 2 N–H and O–H groups in total. The van der Waals surface area contributed by atoms with Crippen molar-refractivity contribution >= 4 is 35.5 Å². The molecule has 29 heavy (non-hydrogen) atoms. The van der Waals surface area contributed by atoms with Crippen LogP contribution < -0.4 is 4.90 Å². The smallest absolute Gasteiger partial charge is 0.347 e. The zero-order valence-corrected chi connectivity index (χ0v) is 16.2. The summed E-state index contributed by atoms with van der Waals surface area (Å²) >= 11 is 0. The number of pyridine rings is 1. The molecule has 152 valence electrons. The number of furan rings is 1. The Morgan fingerprint density at radius 1 is 1.41 bits per heavy atom. The van der Waals surface area contributed by atoms with Gasteiger partial charge in [0.15, 0.2) is 22.9 Å². The van der Waals surface area contributed by atoms with Gasteiger partial charge >= 0.3 is 5.97 Å². The molecule has 0 saturated carbocycles. The van der Waals surface area contributed by atoms with Crippen LogP contribution in [0.4, 0.5) is 11.7 Å². The van der Waals surface area contributed by atoms with Crippen LogP contribution in [0.1, 0.15) is 41.4 Å². The Labute approximate surface area is 168 Å². The van der Waals surface area contributed by atoms with Crippen LogP contribution in [0.5, 0.6) is 5.75 Å². The van der Waals surface area contributed by atoms with Gasteiger partial charge in [-0.25, -0.2) is 14.8 Å². The van der Waals surface area contributed by atoms with E-state index in [1.165, 1.54) is 0 Å². The van der Waals surface area contributed by atoms with E-state index < -0.39 is 5.97 Å². The molecule has 0 aliphatic carbocycles. The minimum Gasteiger partial charge on any atom is -0.504 e. The van der Waals surface area contributed by atoms with Crippen molar-refractivity contribution in [1.29, 1.82) is 0 Å². The molecule has 0 aromatic carbocycles. The van der Waals surface area contributed by atoms with E-state index in [0.717, 1.165) is 24.0 Å². The topological polar surface area (TPSA) is 108 Å². The van der Waals surface area contributed by atoms with Gasteiger partial charge in [0.2, 0.25) is 5.88 Å². The molecule has 2 aliphatic heterocycles. The van der Waals surface area contributed by atoms with Crippen molar-refractivity contribution in [2.45, 2.75) is 19.8 Å². The largest absolute Gasteiger partial charge is 0.504 e. The fourth-order valence-corrected chi connectivity index (χ4v) is 3.64. The average Bonchev–Trinajstić information content (AvgIpc) is 3.30. The molecule has 0 amide bonds. The lowest BCUT2D eigenvalue weighted by atomic mass is 9.98. The zero-order valence-electron chi connectivity index (χ0n) is 16.2. The van der Waals surface area contributed by atoms with E-state index in [1.807, 2.05) is 17.0 Å². The Morgan fingerprint density at radius 2 is 2.21 bits per heavy atom. The van der Waals surface area contributed by atoms with Gasteiger partial charge in [0.1, 0.15) is 0 Å². The van der Waals surface area contributed by atoms with Crippen molar-refractivity contribution in [3.8, 4) is 5.75 Å². The molecule has 2 aromatic heterocycles. The lowest BCUT2D eigenvalue weighted by Gasteiger charge is -2.31. The van der Waals surface area contributed by atoms with Crippen LogP contribution in [-0.4, -0.2) is 53.7 Å². The highest BCUT2D eigenvalue weighted by molar-refractivity contribution is 6.21. The molecule has 2 aliphatic rings. The van der Waals surface area contributed by atoms with Crippen LogP contribution in [0.15, 0.2) is 27.7 Å². The Balaban J connectivity index is 1.72. The maximum absolute atomic E-state index is 12.5. The SMILES string of the molecule is CCOC(=O)c1c(N2CCC(CO)CC2)oc(/C=C2\C=Nc3ncccc32)c1O. The Hall–Kier alpha value is -3.13. The van der Waals surface area contributed by atoms with Crippen LogP contribution in [0.2, 0.25) is 0 Å². The second-order valence-corrected chi connectivity index (χ2v) is 7.06. The zero-order chi connectivity index (χ0) is 20.4. The average molecular weight is 397 g/mol. The molecule has 0 spiro atoms. The number of aliphatic imine (C=N–C) groups is 1. The van der Waals surface area contributed by atoms with Crippen LogP contribution in [0, 0.1) is 5.92 Å². The van der Waals surface area contributed by atoms with Gasteiger partial charge in [-0.1, -0.05) is 0 Å². The molecule has 4 rings (SSSR count). The second-order valence-electron chi connectivity index (χ2n) is 7.06. The van der Waals surface area contributed by atoms with Crippen LogP contribution in [0.3, 0.4) is 0 Å². The number of fused-ring (bicyclic) bond motifs is 1. The summed E-state index contributed by atoms with van der Waals surface area (Å²) in [7, 11) is 0. The van der Waals surface area contributed by atoms with Gasteiger partial charge in [0.05, 0.1) is 6.61 Å². The van der Waals surface area contributed by atoms with Gasteiger partial charge in [-0.3, -0.25) is 0 Å². The first-order chi connectivity index (χ1) is 14.1. The molecule has 1 saturated heterocycles. The van der Waals surface area contributed by atoms with Gasteiger partial charge in [0, 0.05) is 43.2 Å². The third kappa shape index (κ3) is 3.63. The fraction of sp³-hybridized carbons (Fsp3) is 0.381. The van der Waals surface area contributed by atoms with Crippen molar-refractivity contribution in [3.63, 3.8) is 0 Å². The van der Waals surface area contributed by atoms with E-state index >= 15 is 0 Å². The molecule has 8 heteroatoms. The molecule has 1 fully saturated rings. The number of carbonyl (C=O) groups excluding carboxylic acids is 1. The third-order valence-corrected chi connectivity index (χ3v) is 5.24. The predicted molar refractivity (Wildman–Crippen MR) is 109 cm³/mol. The highest BCUT2D eigenvalue weighted by atomic mass is 16.5. The fourth-order valence-electron chi connectivity index (χ4n) is 3.64. The molecule has 2 aromatic rings. The summed E-state index contributed by atoms with van der Waals surface area (Å²) in [5, 5.41) is 20.1. The first kappa shape index (κ1) is 19.2. The first-order valence-corrected chi connectivity index (χ1v) is 9.72. The minimum absolute atomic E-state index is 0.0301. The second kappa shape index (κ2) is 8.08. The van der Waals surface area contributed by atoms with Crippen molar-refractivity contribution in [1.82, 2.24) is 4.98 Å². The molecule has 0 bridgehead atoms. The standard InChI is InChI=1S/C21H23N3O5/c1-2-28-21(27)17-18(26)16(10-14-11-23-19-15(14)4-3-7-22-19)29-20(17)24-8-5-13(12-25)6-9-24/h3-4,7,10-11,13,25-26H,2,5-6,8-9,12H2,1H3/b14-10+. The molecule has 0 radical (unpaired) electrons. The molecule has 0 atom stereocenters. The van der Waals surface area contributed by atoms with E-state index in [0.29, 0.717) is 24.8 Å². The predicted octanol–water partition coefficient (Wildman–Crippen LogP) is 3.02. The Kier molecular flexibility index (Phi) is 5.35. The summed E-state index contributed by atoms with van der Waals surface area (Å²) in [6.45, 7) is 3.29. The summed E-state index contributed by atoms with van der Waals surface area (Å²) in [6.07, 6.45) is 6.52. The number of esters is 1. The molecule has 0 unspecified atom stereocenters. The minimum atomic E-state index is -0.625. The number of aliphatic hydroxyl groups excluding tert-OH is 1. The number of hydrogen-bond acceptors (Lipinski definition) is 8. The number of piperidine rings is 1. The number of hydrogen-bond donors (Lipinski definition) is 2. The summed E-state index contributed by atoms with van der Waals surface area (Å²) in [6, 6.07) is 3.69. The third-order valence-electron chi connectivity index (χ3n) is 5.24. The number of rotatable bonds is 5. The number of aliphatic hydroxyl groups is 1. The first-order valence-electron chi connectivity index (χ1n) is 9.72.